The number of anilines is 1. The van der Waals surface area contributed by atoms with Crippen LogP contribution in [0.2, 0.25) is 0 Å². The molecule has 0 aliphatic carbocycles. The van der Waals surface area contributed by atoms with Crippen molar-refractivity contribution in [3.63, 3.8) is 0 Å². The van der Waals surface area contributed by atoms with Gasteiger partial charge in [0.15, 0.2) is 5.13 Å². The molecule has 2 heterocycles. The SMILES string of the molecule is CN1CCN(c2nc(-c3ccc(O)c(C(N)=O)c3)cs2)CC1. The Morgan fingerprint density at radius 3 is 2.73 bits per heavy atom. The zero-order chi connectivity index (χ0) is 15.7. The third kappa shape index (κ3) is 2.90. The second kappa shape index (κ2) is 5.94. The van der Waals surface area contributed by atoms with Gasteiger partial charge < -0.3 is 20.6 Å². The van der Waals surface area contributed by atoms with E-state index in [1.54, 1.807) is 23.5 Å². The number of hydrogen-bond acceptors (Lipinski definition) is 6. The average Bonchev–Trinajstić information content (AvgIpc) is 2.98. The monoisotopic (exact) mass is 318 g/mol. The van der Waals surface area contributed by atoms with Crippen molar-refractivity contribution in [2.45, 2.75) is 0 Å². The summed E-state index contributed by atoms with van der Waals surface area (Å²) in [6, 6.07) is 4.80. The van der Waals surface area contributed by atoms with Gasteiger partial charge in [0.25, 0.3) is 5.91 Å². The Morgan fingerprint density at radius 2 is 2.05 bits per heavy atom. The number of phenols is 1. The molecule has 1 aliphatic heterocycles. The van der Waals surface area contributed by atoms with Crippen molar-refractivity contribution in [2.75, 3.05) is 38.1 Å². The number of thiazole rings is 1. The van der Waals surface area contributed by atoms with Gasteiger partial charge in [-0.2, -0.15) is 0 Å². The largest absolute Gasteiger partial charge is 0.507 e. The first-order chi connectivity index (χ1) is 10.5. The summed E-state index contributed by atoms with van der Waals surface area (Å²) in [5, 5.41) is 12.6. The van der Waals surface area contributed by atoms with Gasteiger partial charge in [0.05, 0.1) is 11.3 Å². The summed E-state index contributed by atoms with van der Waals surface area (Å²) in [7, 11) is 2.12. The molecule has 1 aromatic carbocycles. The molecule has 0 bridgehead atoms. The topological polar surface area (TPSA) is 82.7 Å². The molecule has 3 rings (SSSR count). The summed E-state index contributed by atoms with van der Waals surface area (Å²) in [6.07, 6.45) is 0. The number of nitrogens with two attached hydrogens (primary N) is 1. The lowest BCUT2D eigenvalue weighted by Gasteiger charge is -2.32. The number of amides is 1. The Balaban J connectivity index is 1.85. The molecule has 22 heavy (non-hydrogen) atoms. The van der Waals surface area contributed by atoms with Crippen molar-refractivity contribution in [3.05, 3.63) is 29.1 Å². The van der Waals surface area contributed by atoms with E-state index in [4.69, 9.17) is 5.73 Å². The van der Waals surface area contributed by atoms with E-state index in [1.807, 2.05) is 5.38 Å². The predicted molar refractivity (Wildman–Crippen MR) is 87.4 cm³/mol. The van der Waals surface area contributed by atoms with Crippen LogP contribution in [-0.4, -0.2) is 54.1 Å². The molecule has 1 fully saturated rings. The summed E-state index contributed by atoms with van der Waals surface area (Å²) in [5.41, 5.74) is 6.96. The highest BCUT2D eigenvalue weighted by molar-refractivity contribution is 7.14. The summed E-state index contributed by atoms with van der Waals surface area (Å²) >= 11 is 1.59. The van der Waals surface area contributed by atoms with E-state index in [9.17, 15) is 9.90 Å². The third-order valence-corrected chi connectivity index (χ3v) is 4.73. The minimum absolute atomic E-state index is 0.106. The van der Waals surface area contributed by atoms with E-state index in [1.165, 1.54) is 6.07 Å². The standard InChI is InChI=1S/C15H18N4O2S/c1-18-4-6-19(7-5-18)15-17-12(9-22-15)10-2-3-13(20)11(8-10)14(16)21/h2-3,8-9,20H,4-7H2,1H3,(H2,16,21). The predicted octanol–water partition coefficient (Wildman–Crippen LogP) is 1.37. The molecule has 1 saturated heterocycles. The molecule has 7 heteroatoms. The number of aromatic hydroxyl groups is 1. The smallest absolute Gasteiger partial charge is 0.252 e. The summed E-state index contributed by atoms with van der Waals surface area (Å²) in [6.45, 7) is 3.98. The minimum Gasteiger partial charge on any atom is -0.507 e. The maximum Gasteiger partial charge on any atom is 0.252 e. The van der Waals surface area contributed by atoms with E-state index >= 15 is 0 Å². The van der Waals surface area contributed by atoms with Crippen molar-refractivity contribution in [2.24, 2.45) is 5.73 Å². The highest BCUT2D eigenvalue weighted by Crippen LogP contribution is 2.30. The number of benzene rings is 1. The number of aromatic nitrogens is 1. The zero-order valence-electron chi connectivity index (χ0n) is 12.3. The Kier molecular flexibility index (Phi) is 4.00. The van der Waals surface area contributed by atoms with Gasteiger partial charge in [-0.25, -0.2) is 4.98 Å². The molecule has 0 atom stereocenters. The van der Waals surface area contributed by atoms with Crippen LogP contribution in [0.25, 0.3) is 11.3 Å². The molecule has 0 radical (unpaired) electrons. The molecular weight excluding hydrogens is 300 g/mol. The number of carbonyl (C=O) groups is 1. The van der Waals surface area contributed by atoms with Crippen LogP contribution in [0.4, 0.5) is 5.13 Å². The Morgan fingerprint density at radius 1 is 1.32 bits per heavy atom. The average molecular weight is 318 g/mol. The third-order valence-electron chi connectivity index (χ3n) is 3.82. The molecule has 1 amide bonds. The van der Waals surface area contributed by atoms with Gasteiger partial charge in [-0.15, -0.1) is 11.3 Å². The van der Waals surface area contributed by atoms with Crippen LogP contribution in [0.3, 0.4) is 0 Å². The van der Waals surface area contributed by atoms with Crippen LogP contribution >= 0.6 is 11.3 Å². The number of rotatable bonds is 3. The van der Waals surface area contributed by atoms with Crippen molar-refractivity contribution < 1.29 is 9.90 Å². The molecule has 6 nitrogen and oxygen atoms in total. The van der Waals surface area contributed by atoms with Gasteiger partial charge in [-0.3, -0.25) is 4.79 Å². The maximum absolute atomic E-state index is 11.3. The lowest BCUT2D eigenvalue weighted by molar-refractivity contribution is 0.0998. The number of carbonyl (C=O) groups excluding carboxylic acids is 1. The van der Waals surface area contributed by atoms with Crippen molar-refractivity contribution in [3.8, 4) is 17.0 Å². The van der Waals surface area contributed by atoms with Crippen LogP contribution in [0.1, 0.15) is 10.4 Å². The van der Waals surface area contributed by atoms with E-state index < -0.39 is 5.91 Å². The fourth-order valence-electron chi connectivity index (χ4n) is 2.43. The molecule has 1 aromatic heterocycles. The lowest BCUT2D eigenvalue weighted by Crippen LogP contribution is -2.44. The number of likely N-dealkylation sites (N-methyl/N-ethyl adjacent to an activating group) is 1. The van der Waals surface area contributed by atoms with E-state index in [2.05, 4.69) is 21.8 Å². The number of primary amides is 1. The molecule has 1 aliphatic rings. The van der Waals surface area contributed by atoms with Gasteiger partial charge in [0.1, 0.15) is 5.75 Å². The van der Waals surface area contributed by atoms with E-state index in [0.717, 1.165) is 42.6 Å². The second-order valence-electron chi connectivity index (χ2n) is 5.40. The second-order valence-corrected chi connectivity index (χ2v) is 6.24. The highest BCUT2D eigenvalue weighted by Gasteiger charge is 2.18. The van der Waals surface area contributed by atoms with Crippen LogP contribution in [-0.2, 0) is 0 Å². The first kappa shape index (κ1) is 14.8. The number of piperazine rings is 1. The van der Waals surface area contributed by atoms with E-state index in [-0.39, 0.29) is 11.3 Å². The van der Waals surface area contributed by atoms with Crippen LogP contribution in [0.15, 0.2) is 23.6 Å². The molecule has 3 N–H and O–H groups in total. The molecule has 0 saturated carbocycles. The van der Waals surface area contributed by atoms with Crippen LogP contribution < -0.4 is 10.6 Å². The first-order valence-corrected chi connectivity index (χ1v) is 7.95. The minimum atomic E-state index is -0.645. The molecular formula is C15H18N4O2S. The summed E-state index contributed by atoms with van der Waals surface area (Å²) in [4.78, 5) is 20.5. The van der Waals surface area contributed by atoms with Gasteiger partial charge in [-0.05, 0) is 25.2 Å². The molecule has 2 aromatic rings. The Labute approximate surface area is 132 Å². The number of nitrogens with zero attached hydrogens (tertiary/aromatic N) is 3. The van der Waals surface area contributed by atoms with Gasteiger partial charge in [-0.1, -0.05) is 0 Å². The van der Waals surface area contributed by atoms with E-state index in [0.29, 0.717) is 0 Å². The van der Waals surface area contributed by atoms with Gasteiger partial charge in [0.2, 0.25) is 0 Å². The summed E-state index contributed by atoms with van der Waals surface area (Å²) < 4.78 is 0. The maximum atomic E-state index is 11.3. The zero-order valence-corrected chi connectivity index (χ0v) is 13.1. The fourth-order valence-corrected chi connectivity index (χ4v) is 3.32. The first-order valence-electron chi connectivity index (χ1n) is 7.07. The molecule has 116 valence electrons. The van der Waals surface area contributed by atoms with Crippen molar-refractivity contribution in [1.82, 2.24) is 9.88 Å². The highest BCUT2D eigenvalue weighted by atomic mass is 32.1. The fraction of sp³-hybridized carbons (Fsp3) is 0.333. The lowest BCUT2D eigenvalue weighted by atomic mass is 10.1. The summed E-state index contributed by atoms with van der Waals surface area (Å²) in [5.74, 6) is -0.750. The number of hydrogen-bond donors (Lipinski definition) is 2. The van der Waals surface area contributed by atoms with Crippen molar-refractivity contribution >= 4 is 22.4 Å². The normalized spacial score (nSPS) is 16.0. The molecule has 0 spiro atoms. The van der Waals surface area contributed by atoms with Crippen LogP contribution in [0, 0.1) is 0 Å². The Hall–Kier alpha value is -2.12. The quantitative estimate of drug-likeness (QED) is 0.893. The van der Waals surface area contributed by atoms with Gasteiger partial charge >= 0.3 is 0 Å². The van der Waals surface area contributed by atoms with Crippen LogP contribution in [0.5, 0.6) is 5.75 Å². The Bertz CT molecular complexity index is 693. The van der Waals surface area contributed by atoms with Gasteiger partial charge in [0, 0.05) is 37.1 Å². The van der Waals surface area contributed by atoms with Crippen molar-refractivity contribution in [1.29, 1.82) is 0 Å². The molecule has 0 unspecified atom stereocenters.